The van der Waals surface area contributed by atoms with Gasteiger partial charge in [0, 0.05) is 17.6 Å². The number of aliphatic hydroxyl groups excluding tert-OH is 2. The molecule has 0 amide bonds. The Hall–Kier alpha value is -0.160. The first-order valence-corrected chi connectivity index (χ1v) is 7.30. The van der Waals surface area contributed by atoms with Crippen LogP contribution in [0.5, 0.6) is 0 Å². The van der Waals surface area contributed by atoms with Crippen LogP contribution < -0.4 is 0 Å². The van der Waals surface area contributed by atoms with E-state index in [1.807, 2.05) is 13.8 Å². The first-order chi connectivity index (χ1) is 8.54. The third-order valence-corrected chi connectivity index (χ3v) is 3.95. The van der Waals surface area contributed by atoms with Crippen LogP contribution in [0.4, 0.5) is 0 Å². The van der Waals surface area contributed by atoms with Gasteiger partial charge in [-0.05, 0) is 54.4 Å². The molecule has 0 aliphatic carbocycles. The lowest BCUT2D eigenvalue weighted by Crippen LogP contribution is -2.63. The summed E-state index contributed by atoms with van der Waals surface area (Å²) >= 11 is 0. The van der Waals surface area contributed by atoms with E-state index in [0.717, 1.165) is 12.8 Å². The first kappa shape index (κ1) is 16.9. The molecule has 0 bridgehead atoms. The summed E-state index contributed by atoms with van der Waals surface area (Å²) in [5.41, 5.74) is -0.222. The zero-order valence-corrected chi connectivity index (χ0v) is 13.3. The number of β-amino-alcohol motifs (C(OH)–C–C–N with tert-alkyl or cyclic N) is 1. The number of nitrogens with zero attached hydrogens (tertiary/aromatic N) is 1. The van der Waals surface area contributed by atoms with Crippen LogP contribution in [0.2, 0.25) is 0 Å². The van der Waals surface area contributed by atoms with Gasteiger partial charge in [-0.15, -0.1) is 0 Å². The second kappa shape index (κ2) is 6.08. The van der Waals surface area contributed by atoms with Gasteiger partial charge in [-0.25, -0.2) is 0 Å². The highest BCUT2D eigenvalue weighted by Gasteiger charge is 2.45. The molecule has 0 saturated carbocycles. The van der Waals surface area contributed by atoms with Gasteiger partial charge in [-0.2, -0.15) is 0 Å². The van der Waals surface area contributed by atoms with E-state index in [2.05, 4.69) is 32.6 Å². The highest BCUT2D eigenvalue weighted by atomic mass is 16.5. The third kappa shape index (κ3) is 4.71. The van der Waals surface area contributed by atoms with Crippen LogP contribution in [0.1, 0.15) is 54.4 Å². The van der Waals surface area contributed by atoms with Gasteiger partial charge in [-0.3, -0.25) is 4.90 Å². The van der Waals surface area contributed by atoms with Crippen LogP contribution >= 0.6 is 0 Å². The van der Waals surface area contributed by atoms with Crippen molar-refractivity contribution in [2.24, 2.45) is 0 Å². The quantitative estimate of drug-likeness (QED) is 0.802. The molecule has 1 unspecified atom stereocenters. The fourth-order valence-electron chi connectivity index (χ4n) is 3.33. The van der Waals surface area contributed by atoms with Crippen molar-refractivity contribution in [3.8, 4) is 0 Å². The minimum Gasteiger partial charge on any atom is -0.393 e. The second-order valence-corrected chi connectivity index (χ2v) is 7.33. The number of hydrogen-bond donors (Lipinski definition) is 2. The maximum absolute atomic E-state index is 10.2. The largest absolute Gasteiger partial charge is 0.393 e. The van der Waals surface area contributed by atoms with Gasteiger partial charge in [0.1, 0.15) is 0 Å². The Balaban J connectivity index is 2.67. The van der Waals surface area contributed by atoms with Gasteiger partial charge in [0.25, 0.3) is 0 Å². The molecule has 1 atom stereocenters. The lowest BCUT2D eigenvalue weighted by atomic mass is 9.78. The van der Waals surface area contributed by atoms with E-state index in [4.69, 9.17) is 4.74 Å². The predicted octanol–water partition coefficient (Wildman–Crippen LogP) is 1.79. The summed E-state index contributed by atoms with van der Waals surface area (Å²) in [6.07, 6.45) is 0.878. The Kier molecular flexibility index (Phi) is 5.41. The van der Waals surface area contributed by atoms with E-state index in [-0.39, 0.29) is 23.3 Å². The number of ether oxygens (including phenoxy) is 1. The van der Waals surface area contributed by atoms with Gasteiger partial charge < -0.3 is 14.9 Å². The van der Waals surface area contributed by atoms with Crippen molar-refractivity contribution >= 4 is 0 Å². The zero-order chi connectivity index (χ0) is 14.8. The molecule has 4 nitrogen and oxygen atoms in total. The normalized spacial score (nSPS) is 25.7. The number of rotatable bonds is 5. The molecule has 0 radical (unpaired) electrons. The monoisotopic (exact) mass is 273 g/mol. The molecule has 4 heteroatoms. The van der Waals surface area contributed by atoms with Crippen molar-refractivity contribution in [2.75, 3.05) is 13.2 Å². The van der Waals surface area contributed by atoms with Crippen molar-refractivity contribution in [2.45, 2.75) is 83.8 Å². The lowest BCUT2D eigenvalue weighted by Gasteiger charge is -2.55. The minimum atomic E-state index is -0.490. The number of hydrogen-bond acceptors (Lipinski definition) is 4. The van der Waals surface area contributed by atoms with E-state index < -0.39 is 6.10 Å². The summed E-state index contributed by atoms with van der Waals surface area (Å²) in [4.78, 5) is 2.31. The van der Waals surface area contributed by atoms with Crippen molar-refractivity contribution in [3.63, 3.8) is 0 Å². The minimum absolute atomic E-state index is 0.111. The Morgan fingerprint density at radius 1 is 1.16 bits per heavy atom. The Morgan fingerprint density at radius 3 is 2.05 bits per heavy atom. The second-order valence-electron chi connectivity index (χ2n) is 7.33. The topological polar surface area (TPSA) is 52.9 Å². The van der Waals surface area contributed by atoms with Crippen molar-refractivity contribution < 1.29 is 14.9 Å². The fourth-order valence-corrected chi connectivity index (χ4v) is 3.33. The molecular formula is C15H31NO3. The van der Waals surface area contributed by atoms with E-state index in [1.54, 1.807) is 0 Å². The van der Waals surface area contributed by atoms with Crippen LogP contribution in [0.3, 0.4) is 0 Å². The molecule has 0 aromatic carbocycles. The molecule has 0 spiro atoms. The maximum Gasteiger partial charge on any atom is 0.0900 e. The van der Waals surface area contributed by atoms with Crippen LogP contribution in [0.25, 0.3) is 0 Å². The number of piperidine rings is 1. The summed E-state index contributed by atoms with van der Waals surface area (Å²) in [7, 11) is 0. The molecule has 0 aromatic heterocycles. The SMILES string of the molecule is CC(C)OCC(O)CN1C(C)(C)CC(O)CC1(C)C. The van der Waals surface area contributed by atoms with E-state index >= 15 is 0 Å². The van der Waals surface area contributed by atoms with Gasteiger partial charge in [-0.1, -0.05) is 0 Å². The maximum atomic E-state index is 10.2. The summed E-state index contributed by atoms with van der Waals surface area (Å²) in [6.45, 7) is 13.4. The molecule has 114 valence electrons. The average molecular weight is 273 g/mol. The molecular weight excluding hydrogens is 242 g/mol. The Labute approximate surface area is 117 Å². The molecule has 1 aliphatic rings. The average Bonchev–Trinajstić information content (AvgIpc) is 2.18. The smallest absolute Gasteiger partial charge is 0.0900 e. The van der Waals surface area contributed by atoms with Gasteiger partial charge in [0.2, 0.25) is 0 Å². The molecule has 19 heavy (non-hydrogen) atoms. The van der Waals surface area contributed by atoms with E-state index in [0.29, 0.717) is 13.2 Å². The summed E-state index contributed by atoms with van der Waals surface area (Å²) < 4.78 is 5.48. The van der Waals surface area contributed by atoms with E-state index in [1.165, 1.54) is 0 Å². The first-order valence-electron chi connectivity index (χ1n) is 7.30. The molecule has 0 aromatic rings. The van der Waals surface area contributed by atoms with Gasteiger partial charge in [0.15, 0.2) is 0 Å². The summed E-state index contributed by atoms with van der Waals surface area (Å²) in [6, 6.07) is 0. The summed E-state index contributed by atoms with van der Waals surface area (Å²) in [5.74, 6) is 0. The van der Waals surface area contributed by atoms with Gasteiger partial charge >= 0.3 is 0 Å². The molecule has 1 aliphatic heterocycles. The predicted molar refractivity (Wildman–Crippen MR) is 77.2 cm³/mol. The number of likely N-dealkylation sites (tertiary alicyclic amines) is 1. The van der Waals surface area contributed by atoms with Crippen LogP contribution in [-0.2, 0) is 4.74 Å². The Morgan fingerprint density at radius 2 is 1.63 bits per heavy atom. The molecule has 1 rings (SSSR count). The fraction of sp³-hybridized carbons (Fsp3) is 1.00. The standard InChI is InChI=1S/C15H31NO3/c1-11(2)19-10-13(18)9-16-14(3,4)7-12(17)8-15(16,5)6/h11-13,17-18H,7-10H2,1-6H3. The van der Waals surface area contributed by atoms with Crippen molar-refractivity contribution in [3.05, 3.63) is 0 Å². The van der Waals surface area contributed by atoms with Gasteiger partial charge in [0.05, 0.1) is 24.9 Å². The van der Waals surface area contributed by atoms with Crippen LogP contribution in [0.15, 0.2) is 0 Å². The number of aliphatic hydroxyl groups is 2. The Bertz CT molecular complexity index is 271. The van der Waals surface area contributed by atoms with E-state index in [9.17, 15) is 10.2 Å². The lowest BCUT2D eigenvalue weighted by molar-refractivity contribution is -0.107. The molecule has 1 saturated heterocycles. The highest BCUT2D eigenvalue weighted by Crippen LogP contribution is 2.38. The third-order valence-electron chi connectivity index (χ3n) is 3.95. The van der Waals surface area contributed by atoms with Crippen molar-refractivity contribution in [1.29, 1.82) is 0 Å². The summed E-state index contributed by atoms with van der Waals surface area (Å²) in [5, 5.41) is 20.1. The molecule has 1 fully saturated rings. The molecule has 1 heterocycles. The van der Waals surface area contributed by atoms with Crippen LogP contribution in [0, 0.1) is 0 Å². The van der Waals surface area contributed by atoms with Crippen LogP contribution in [-0.4, -0.2) is 57.7 Å². The zero-order valence-electron chi connectivity index (χ0n) is 13.3. The highest BCUT2D eigenvalue weighted by molar-refractivity contribution is 5.00. The molecule has 2 N–H and O–H groups in total. The van der Waals surface area contributed by atoms with Crippen molar-refractivity contribution in [1.82, 2.24) is 4.90 Å².